The maximum Gasteiger partial charge on any atom is 0.322 e. The predicted molar refractivity (Wildman–Crippen MR) is 116 cm³/mol. The standard InChI is InChI=1S/C21H23ClF4N6O2/c1-30-8-11(6-27-7-16(24)25)9-32-19(20(30)33)12-10-31(5-4-14(12)29-32)21(34)28-15-3-2-13(23)17(22)18(15)26/h2-3,11,16,27H,4-10H2,1H3,(H,28,34)/t11-/m0/s1. The van der Waals surface area contributed by atoms with Gasteiger partial charge in [-0.25, -0.2) is 22.4 Å². The summed E-state index contributed by atoms with van der Waals surface area (Å²) in [5.74, 6) is -2.41. The number of nitrogens with zero attached hydrogens (tertiary/aromatic N) is 4. The van der Waals surface area contributed by atoms with Crippen LogP contribution in [0.3, 0.4) is 0 Å². The number of alkyl halides is 2. The molecule has 13 heteroatoms. The minimum Gasteiger partial charge on any atom is -0.340 e. The van der Waals surface area contributed by atoms with Crippen LogP contribution in [0.2, 0.25) is 5.02 Å². The summed E-state index contributed by atoms with van der Waals surface area (Å²) >= 11 is 5.58. The number of urea groups is 1. The number of hydrogen-bond acceptors (Lipinski definition) is 4. The molecule has 0 saturated heterocycles. The van der Waals surface area contributed by atoms with Gasteiger partial charge in [-0.15, -0.1) is 0 Å². The van der Waals surface area contributed by atoms with E-state index in [9.17, 15) is 27.2 Å². The number of aromatic nitrogens is 2. The number of rotatable bonds is 5. The molecule has 0 unspecified atom stereocenters. The van der Waals surface area contributed by atoms with Gasteiger partial charge in [-0.3, -0.25) is 9.48 Å². The summed E-state index contributed by atoms with van der Waals surface area (Å²) in [5.41, 5.74) is 1.36. The minimum atomic E-state index is -2.46. The molecule has 34 heavy (non-hydrogen) atoms. The lowest BCUT2D eigenvalue weighted by Crippen LogP contribution is -2.40. The summed E-state index contributed by atoms with van der Waals surface area (Å²) in [7, 11) is 1.63. The second-order valence-corrected chi connectivity index (χ2v) is 8.76. The van der Waals surface area contributed by atoms with Crippen molar-refractivity contribution in [3.8, 4) is 0 Å². The molecule has 0 spiro atoms. The van der Waals surface area contributed by atoms with Crippen molar-refractivity contribution in [2.75, 3.05) is 38.5 Å². The molecule has 3 heterocycles. The smallest absolute Gasteiger partial charge is 0.322 e. The highest BCUT2D eigenvalue weighted by Crippen LogP contribution is 2.28. The summed E-state index contributed by atoms with van der Waals surface area (Å²) in [6.45, 7) is 0.936. The van der Waals surface area contributed by atoms with E-state index in [1.165, 1.54) is 9.80 Å². The van der Waals surface area contributed by atoms with E-state index in [0.717, 1.165) is 12.1 Å². The lowest BCUT2D eigenvalue weighted by Gasteiger charge is -2.27. The minimum absolute atomic E-state index is 0.0704. The molecule has 2 aromatic rings. The lowest BCUT2D eigenvalue weighted by atomic mass is 10.0. The molecule has 184 valence electrons. The van der Waals surface area contributed by atoms with E-state index < -0.39 is 35.7 Å². The van der Waals surface area contributed by atoms with Gasteiger partial charge in [0.15, 0.2) is 5.82 Å². The Balaban J connectivity index is 1.52. The summed E-state index contributed by atoms with van der Waals surface area (Å²) < 4.78 is 54.1. The molecule has 0 bridgehead atoms. The van der Waals surface area contributed by atoms with Crippen molar-refractivity contribution >= 4 is 29.2 Å². The van der Waals surface area contributed by atoms with Gasteiger partial charge < -0.3 is 20.4 Å². The van der Waals surface area contributed by atoms with Crippen molar-refractivity contribution in [2.45, 2.75) is 25.9 Å². The van der Waals surface area contributed by atoms with Crippen LogP contribution in [-0.4, -0.2) is 71.2 Å². The van der Waals surface area contributed by atoms with E-state index in [1.807, 2.05) is 0 Å². The maximum absolute atomic E-state index is 14.2. The van der Waals surface area contributed by atoms with Crippen LogP contribution in [0.15, 0.2) is 12.1 Å². The molecule has 1 aromatic heterocycles. The number of anilines is 1. The summed E-state index contributed by atoms with van der Waals surface area (Å²) in [6.07, 6.45) is -2.09. The van der Waals surface area contributed by atoms with E-state index in [-0.39, 0.29) is 30.6 Å². The third kappa shape index (κ3) is 4.83. The quantitative estimate of drug-likeness (QED) is 0.486. The molecule has 2 N–H and O–H groups in total. The van der Waals surface area contributed by atoms with Gasteiger partial charge >= 0.3 is 6.03 Å². The second kappa shape index (κ2) is 9.79. The monoisotopic (exact) mass is 502 g/mol. The van der Waals surface area contributed by atoms with E-state index >= 15 is 0 Å². The highest BCUT2D eigenvalue weighted by Gasteiger charge is 2.35. The van der Waals surface area contributed by atoms with E-state index in [1.54, 1.807) is 11.7 Å². The summed E-state index contributed by atoms with van der Waals surface area (Å²) in [5, 5.41) is 8.95. The Kier molecular flexibility index (Phi) is 6.99. The van der Waals surface area contributed by atoms with Crippen LogP contribution >= 0.6 is 11.6 Å². The van der Waals surface area contributed by atoms with Gasteiger partial charge in [-0.05, 0) is 12.1 Å². The predicted octanol–water partition coefficient (Wildman–Crippen LogP) is 2.96. The highest BCUT2D eigenvalue weighted by atomic mass is 35.5. The van der Waals surface area contributed by atoms with Crippen LogP contribution < -0.4 is 10.6 Å². The molecule has 0 saturated carbocycles. The molecule has 2 aliphatic heterocycles. The Labute approximate surface area is 197 Å². The number of nitrogens with one attached hydrogen (secondary N) is 2. The van der Waals surface area contributed by atoms with Crippen LogP contribution in [0.5, 0.6) is 0 Å². The average molecular weight is 503 g/mol. The Hall–Kier alpha value is -2.86. The van der Waals surface area contributed by atoms with Gasteiger partial charge in [0.05, 0.1) is 24.5 Å². The van der Waals surface area contributed by atoms with Crippen molar-refractivity contribution < 1.29 is 27.2 Å². The van der Waals surface area contributed by atoms with Gasteiger partial charge in [0.25, 0.3) is 12.3 Å². The van der Waals surface area contributed by atoms with Crippen LogP contribution in [0.25, 0.3) is 0 Å². The summed E-state index contributed by atoms with van der Waals surface area (Å²) in [4.78, 5) is 28.8. The fourth-order valence-corrected chi connectivity index (χ4v) is 4.43. The Morgan fingerprint density at radius 2 is 2.06 bits per heavy atom. The molecule has 1 aromatic carbocycles. The molecule has 0 radical (unpaired) electrons. The van der Waals surface area contributed by atoms with Crippen LogP contribution in [-0.2, 0) is 19.5 Å². The first-order valence-electron chi connectivity index (χ1n) is 10.7. The van der Waals surface area contributed by atoms with Gasteiger partial charge in [-0.1, -0.05) is 11.6 Å². The molecule has 3 amide bonds. The number of carbonyl (C=O) groups excluding carboxylic acids is 2. The molecule has 2 aliphatic rings. The zero-order chi connectivity index (χ0) is 24.6. The first-order chi connectivity index (χ1) is 16.2. The Morgan fingerprint density at radius 1 is 1.29 bits per heavy atom. The first kappa shape index (κ1) is 24.3. The maximum atomic E-state index is 14.2. The fourth-order valence-electron chi connectivity index (χ4n) is 4.27. The first-order valence-corrected chi connectivity index (χ1v) is 11.1. The van der Waals surface area contributed by atoms with Crippen molar-refractivity contribution in [3.63, 3.8) is 0 Å². The zero-order valence-electron chi connectivity index (χ0n) is 18.3. The van der Waals surface area contributed by atoms with E-state index in [4.69, 9.17) is 11.6 Å². The second-order valence-electron chi connectivity index (χ2n) is 8.38. The van der Waals surface area contributed by atoms with Crippen molar-refractivity contribution in [3.05, 3.63) is 45.7 Å². The van der Waals surface area contributed by atoms with Crippen molar-refractivity contribution in [1.29, 1.82) is 0 Å². The number of amides is 3. The highest BCUT2D eigenvalue weighted by molar-refractivity contribution is 6.31. The molecular weight excluding hydrogens is 480 g/mol. The Bertz CT molecular complexity index is 1110. The van der Waals surface area contributed by atoms with E-state index in [0.29, 0.717) is 43.0 Å². The number of fused-ring (bicyclic) bond motifs is 3. The van der Waals surface area contributed by atoms with Crippen molar-refractivity contribution in [1.82, 2.24) is 24.9 Å². The molecule has 0 aliphatic carbocycles. The average Bonchev–Trinajstić information content (AvgIpc) is 3.09. The van der Waals surface area contributed by atoms with Gasteiger partial charge in [0, 0.05) is 51.1 Å². The molecule has 1 atom stereocenters. The van der Waals surface area contributed by atoms with Crippen LogP contribution in [0.4, 0.5) is 28.0 Å². The number of halogens is 5. The molecule has 4 rings (SSSR count). The normalized spacial score (nSPS) is 18.1. The number of hydrogen-bond donors (Lipinski definition) is 2. The number of carbonyl (C=O) groups is 2. The molecule has 8 nitrogen and oxygen atoms in total. The fraction of sp³-hybridized carbons (Fsp3) is 0.476. The van der Waals surface area contributed by atoms with Gasteiger partial charge in [-0.2, -0.15) is 5.10 Å². The van der Waals surface area contributed by atoms with Crippen LogP contribution in [0, 0.1) is 17.6 Å². The van der Waals surface area contributed by atoms with Gasteiger partial charge in [0.1, 0.15) is 16.5 Å². The lowest BCUT2D eigenvalue weighted by molar-refractivity contribution is 0.0776. The molecular formula is C21H23ClF4N6O2. The molecule has 0 fully saturated rings. The van der Waals surface area contributed by atoms with Gasteiger partial charge in [0.2, 0.25) is 0 Å². The van der Waals surface area contributed by atoms with E-state index in [2.05, 4.69) is 15.7 Å². The number of benzene rings is 1. The van der Waals surface area contributed by atoms with Crippen molar-refractivity contribution in [2.24, 2.45) is 5.92 Å². The topological polar surface area (TPSA) is 82.5 Å². The largest absolute Gasteiger partial charge is 0.340 e. The SMILES string of the molecule is CN1C[C@H](CNCC(F)F)Cn2nc3c(c2C1=O)CN(C(=O)Nc1ccc(F)c(Cl)c1F)CC3. The third-order valence-corrected chi connectivity index (χ3v) is 6.26. The summed E-state index contributed by atoms with van der Waals surface area (Å²) in [6, 6.07) is 1.40. The van der Waals surface area contributed by atoms with Crippen LogP contribution in [0.1, 0.15) is 21.7 Å². The third-order valence-electron chi connectivity index (χ3n) is 5.91. The zero-order valence-corrected chi connectivity index (χ0v) is 19.0. The Morgan fingerprint density at radius 3 is 2.79 bits per heavy atom.